The summed E-state index contributed by atoms with van der Waals surface area (Å²) >= 11 is 0. The Morgan fingerprint density at radius 1 is 1.04 bits per heavy atom. The van der Waals surface area contributed by atoms with Crippen LogP contribution >= 0.6 is 0 Å². The van der Waals surface area contributed by atoms with Gasteiger partial charge >= 0.3 is 0 Å². The van der Waals surface area contributed by atoms with Gasteiger partial charge in [0, 0.05) is 31.1 Å². The number of phenolic OH excluding ortho intramolecular Hbond substituents is 1. The Balaban J connectivity index is 1.46. The van der Waals surface area contributed by atoms with Crippen molar-refractivity contribution in [2.75, 3.05) is 19.6 Å². The fourth-order valence-corrected chi connectivity index (χ4v) is 5.69. The molecule has 0 radical (unpaired) electrons. The quantitative estimate of drug-likeness (QED) is 0.913. The van der Waals surface area contributed by atoms with Crippen molar-refractivity contribution in [3.8, 4) is 11.8 Å². The van der Waals surface area contributed by atoms with Gasteiger partial charge in [-0.1, -0.05) is 24.3 Å². The van der Waals surface area contributed by atoms with Crippen molar-refractivity contribution in [3.63, 3.8) is 0 Å². The molecule has 0 unspecified atom stereocenters. The molecule has 4 aliphatic heterocycles. The highest BCUT2D eigenvalue weighted by molar-refractivity contribution is 5.34. The number of hydrogen-bond acceptors (Lipinski definition) is 4. The molecule has 2 aromatic carbocycles. The van der Waals surface area contributed by atoms with Crippen LogP contribution in [0.15, 0.2) is 48.5 Å². The maximum Gasteiger partial charge on any atom is 0.115 e. The second-order valence-corrected chi connectivity index (χ2v) is 8.29. The molecule has 4 fully saturated rings. The van der Waals surface area contributed by atoms with Gasteiger partial charge in [-0.3, -0.25) is 9.80 Å². The van der Waals surface area contributed by atoms with E-state index in [4.69, 9.17) is 5.26 Å². The molecule has 0 aliphatic carbocycles. The fourth-order valence-electron chi connectivity index (χ4n) is 5.69. The average molecular weight is 359 g/mol. The van der Waals surface area contributed by atoms with E-state index in [2.05, 4.69) is 34.1 Å². The molecule has 0 saturated carbocycles. The number of aromatic hydroxyl groups is 1. The smallest absolute Gasteiger partial charge is 0.115 e. The first kappa shape index (κ1) is 16.8. The molecule has 4 heterocycles. The molecule has 6 rings (SSSR count). The fraction of sp³-hybridized carbons (Fsp3) is 0.435. The molecule has 3 atom stereocenters. The van der Waals surface area contributed by atoms with E-state index < -0.39 is 0 Å². The van der Waals surface area contributed by atoms with Crippen LogP contribution in [0.2, 0.25) is 0 Å². The SMILES string of the molecule is N#Cc1ccc(CN2C[C@@H](c3cccc(O)c3)[C@@H]3[C@H]2C2CCN3CC2)cc1. The first-order chi connectivity index (χ1) is 13.2. The molecule has 4 aliphatic rings. The number of rotatable bonds is 3. The summed E-state index contributed by atoms with van der Waals surface area (Å²) < 4.78 is 0. The molecule has 138 valence electrons. The Labute approximate surface area is 160 Å². The molecule has 4 heteroatoms. The summed E-state index contributed by atoms with van der Waals surface area (Å²) in [7, 11) is 0. The second kappa shape index (κ2) is 6.67. The molecule has 1 N–H and O–H groups in total. The lowest BCUT2D eigenvalue weighted by Crippen LogP contribution is -2.59. The van der Waals surface area contributed by atoms with E-state index in [9.17, 15) is 5.11 Å². The highest BCUT2D eigenvalue weighted by Crippen LogP contribution is 2.47. The summed E-state index contributed by atoms with van der Waals surface area (Å²) in [5, 5.41) is 19.0. The normalized spacial score (nSPS) is 32.2. The van der Waals surface area contributed by atoms with Gasteiger partial charge in [0.1, 0.15) is 5.75 Å². The molecule has 27 heavy (non-hydrogen) atoms. The van der Waals surface area contributed by atoms with Gasteiger partial charge in [0.2, 0.25) is 0 Å². The lowest BCUT2D eigenvalue weighted by atomic mass is 9.75. The van der Waals surface area contributed by atoms with Crippen LogP contribution < -0.4 is 0 Å². The van der Waals surface area contributed by atoms with E-state index in [1.165, 1.54) is 37.1 Å². The summed E-state index contributed by atoms with van der Waals surface area (Å²) in [6, 6.07) is 19.2. The summed E-state index contributed by atoms with van der Waals surface area (Å²) in [6.07, 6.45) is 2.61. The van der Waals surface area contributed by atoms with Crippen LogP contribution in [0.5, 0.6) is 5.75 Å². The summed E-state index contributed by atoms with van der Waals surface area (Å²) in [5.41, 5.74) is 3.26. The minimum atomic E-state index is 0.366. The van der Waals surface area contributed by atoms with Gasteiger partial charge in [-0.15, -0.1) is 0 Å². The molecule has 4 saturated heterocycles. The van der Waals surface area contributed by atoms with Crippen LogP contribution in [-0.2, 0) is 6.54 Å². The van der Waals surface area contributed by atoms with E-state index >= 15 is 0 Å². The first-order valence-electron chi connectivity index (χ1n) is 9.99. The number of hydrogen-bond donors (Lipinski definition) is 1. The minimum Gasteiger partial charge on any atom is -0.508 e. The Bertz CT molecular complexity index is 864. The lowest BCUT2D eigenvalue weighted by Gasteiger charge is -2.51. The number of benzene rings is 2. The molecule has 2 bridgehead atoms. The van der Waals surface area contributed by atoms with E-state index in [1.54, 1.807) is 6.07 Å². The summed E-state index contributed by atoms with van der Waals surface area (Å²) in [6.45, 7) is 4.40. The zero-order valence-corrected chi connectivity index (χ0v) is 15.5. The second-order valence-electron chi connectivity index (χ2n) is 8.29. The van der Waals surface area contributed by atoms with E-state index in [0.29, 0.717) is 23.8 Å². The molecule has 0 amide bonds. The summed E-state index contributed by atoms with van der Waals surface area (Å²) in [5.74, 6) is 1.59. The molecular formula is C23H25N3O. The molecular weight excluding hydrogens is 334 g/mol. The summed E-state index contributed by atoms with van der Waals surface area (Å²) in [4.78, 5) is 5.36. The molecule has 4 nitrogen and oxygen atoms in total. The van der Waals surface area contributed by atoms with E-state index in [0.717, 1.165) is 24.6 Å². The maximum atomic E-state index is 10.00. The predicted molar refractivity (Wildman–Crippen MR) is 104 cm³/mol. The van der Waals surface area contributed by atoms with Gasteiger partial charge in [-0.2, -0.15) is 5.26 Å². The number of piperidine rings is 3. The van der Waals surface area contributed by atoms with E-state index in [1.807, 2.05) is 24.3 Å². The topological polar surface area (TPSA) is 50.5 Å². The van der Waals surface area contributed by atoms with Crippen molar-refractivity contribution in [2.24, 2.45) is 5.92 Å². The van der Waals surface area contributed by atoms with Crippen molar-refractivity contribution in [2.45, 2.75) is 37.4 Å². The van der Waals surface area contributed by atoms with Crippen LogP contribution in [0.1, 0.15) is 35.4 Å². The third kappa shape index (κ3) is 2.92. The molecule has 0 spiro atoms. The van der Waals surface area contributed by atoms with Crippen LogP contribution in [0, 0.1) is 17.2 Å². The average Bonchev–Trinajstić information content (AvgIpc) is 3.11. The van der Waals surface area contributed by atoms with Crippen molar-refractivity contribution >= 4 is 0 Å². The van der Waals surface area contributed by atoms with Gasteiger partial charge in [-0.05, 0) is 67.2 Å². The zero-order valence-electron chi connectivity index (χ0n) is 15.5. The Kier molecular flexibility index (Phi) is 4.15. The highest BCUT2D eigenvalue weighted by Gasteiger charge is 2.53. The van der Waals surface area contributed by atoms with Crippen molar-refractivity contribution in [1.29, 1.82) is 5.26 Å². The van der Waals surface area contributed by atoms with Gasteiger partial charge < -0.3 is 5.11 Å². The van der Waals surface area contributed by atoms with Crippen molar-refractivity contribution in [3.05, 3.63) is 65.2 Å². The number of phenols is 1. The lowest BCUT2D eigenvalue weighted by molar-refractivity contribution is -0.00869. The third-order valence-corrected chi connectivity index (χ3v) is 6.86. The zero-order chi connectivity index (χ0) is 18.4. The van der Waals surface area contributed by atoms with Crippen LogP contribution in [0.3, 0.4) is 0 Å². The maximum absolute atomic E-state index is 10.00. The monoisotopic (exact) mass is 359 g/mol. The van der Waals surface area contributed by atoms with Gasteiger partial charge in [0.15, 0.2) is 0 Å². The number of nitrogens with zero attached hydrogens (tertiary/aromatic N) is 3. The Hall–Kier alpha value is -2.35. The van der Waals surface area contributed by atoms with Crippen molar-refractivity contribution in [1.82, 2.24) is 9.80 Å². The predicted octanol–water partition coefficient (Wildman–Crippen LogP) is 3.33. The Morgan fingerprint density at radius 3 is 2.52 bits per heavy atom. The van der Waals surface area contributed by atoms with Gasteiger partial charge in [-0.25, -0.2) is 0 Å². The van der Waals surface area contributed by atoms with Crippen LogP contribution in [0.4, 0.5) is 0 Å². The largest absolute Gasteiger partial charge is 0.508 e. The third-order valence-electron chi connectivity index (χ3n) is 6.86. The number of nitriles is 1. The number of fused-ring (bicyclic) bond motifs is 2. The van der Waals surface area contributed by atoms with Gasteiger partial charge in [0.25, 0.3) is 0 Å². The molecule has 0 aromatic heterocycles. The van der Waals surface area contributed by atoms with Gasteiger partial charge in [0.05, 0.1) is 11.6 Å². The van der Waals surface area contributed by atoms with Crippen LogP contribution in [-0.4, -0.2) is 46.6 Å². The van der Waals surface area contributed by atoms with E-state index in [-0.39, 0.29) is 0 Å². The number of likely N-dealkylation sites (tertiary alicyclic amines) is 1. The molecule has 2 aromatic rings. The Morgan fingerprint density at radius 2 is 1.81 bits per heavy atom. The van der Waals surface area contributed by atoms with Crippen LogP contribution in [0.25, 0.3) is 0 Å². The van der Waals surface area contributed by atoms with Crippen molar-refractivity contribution < 1.29 is 5.11 Å². The minimum absolute atomic E-state index is 0.366. The standard InChI is InChI=1S/C23H25N3O/c24-13-16-4-6-17(7-5-16)14-26-15-21(19-2-1-3-20(27)12-19)23-22(26)18-8-10-25(23)11-9-18/h1-7,12,18,21-23,27H,8-11,14-15H2/t21-,22+,23+/m0/s1. The highest BCUT2D eigenvalue weighted by atomic mass is 16.3. The first-order valence-corrected chi connectivity index (χ1v) is 9.99.